The highest BCUT2D eigenvalue weighted by Crippen LogP contribution is 2.19. The molecule has 1 aliphatic rings. The molecule has 1 unspecified atom stereocenters. The van der Waals surface area contributed by atoms with Crippen LogP contribution in [-0.4, -0.2) is 69.2 Å². The number of hydrogen-bond acceptors (Lipinski definition) is 4. The number of carbonyl (C=O) groups excluding carboxylic acids is 1. The number of ether oxygens (including phenoxy) is 1. The van der Waals surface area contributed by atoms with Crippen LogP contribution in [0.1, 0.15) is 26.7 Å². The van der Waals surface area contributed by atoms with Gasteiger partial charge in [0.05, 0.1) is 19.8 Å². The standard InChI is InChI=1S/C21H35N5O2/c1-4-17(5-2)19(26-11-13-28-14-12-26)15-23-21(22-3)24-16-20(27)25-18-9-7-6-8-10-18/h6-10,17,19H,4-5,11-16H2,1-3H3,(H,25,27)(H2,22,23,24). The van der Waals surface area contributed by atoms with Gasteiger partial charge in [-0.2, -0.15) is 0 Å². The van der Waals surface area contributed by atoms with E-state index in [-0.39, 0.29) is 12.5 Å². The van der Waals surface area contributed by atoms with E-state index < -0.39 is 0 Å². The molecule has 1 aliphatic heterocycles. The molecule has 1 fully saturated rings. The molecule has 1 aromatic rings. The van der Waals surface area contributed by atoms with Gasteiger partial charge in [-0.25, -0.2) is 0 Å². The molecule has 1 saturated heterocycles. The summed E-state index contributed by atoms with van der Waals surface area (Å²) in [5.74, 6) is 1.16. The summed E-state index contributed by atoms with van der Waals surface area (Å²) in [6.45, 7) is 8.99. The average Bonchev–Trinajstić information content (AvgIpc) is 2.74. The van der Waals surface area contributed by atoms with Crippen molar-refractivity contribution < 1.29 is 9.53 Å². The highest BCUT2D eigenvalue weighted by atomic mass is 16.5. The van der Waals surface area contributed by atoms with E-state index >= 15 is 0 Å². The van der Waals surface area contributed by atoms with E-state index in [0.717, 1.165) is 51.4 Å². The number of rotatable bonds is 9. The third-order valence-electron chi connectivity index (χ3n) is 5.28. The van der Waals surface area contributed by atoms with Crippen LogP contribution in [0, 0.1) is 5.92 Å². The zero-order valence-corrected chi connectivity index (χ0v) is 17.4. The maximum atomic E-state index is 12.1. The Morgan fingerprint density at radius 2 is 1.82 bits per heavy atom. The first-order valence-corrected chi connectivity index (χ1v) is 10.3. The number of aliphatic imine (C=N–C) groups is 1. The van der Waals surface area contributed by atoms with Gasteiger partial charge in [-0.3, -0.25) is 14.7 Å². The molecule has 7 heteroatoms. The average molecular weight is 390 g/mol. The van der Waals surface area contributed by atoms with Crippen molar-refractivity contribution in [2.24, 2.45) is 10.9 Å². The van der Waals surface area contributed by atoms with Gasteiger partial charge in [0, 0.05) is 38.4 Å². The van der Waals surface area contributed by atoms with E-state index in [0.29, 0.717) is 17.9 Å². The lowest BCUT2D eigenvalue weighted by Crippen LogP contribution is -2.53. The van der Waals surface area contributed by atoms with Gasteiger partial charge in [-0.15, -0.1) is 0 Å². The van der Waals surface area contributed by atoms with Crippen molar-refractivity contribution in [1.29, 1.82) is 0 Å². The quantitative estimate of drug-likeness (QED) is 0.444. The third kappa shape index (κ3) is 7.13. The van der Waals surface area contributed by atoms with Gasteiger partial charge in [-0.05, 0) is 18.1 Å². The fourth-order valence-electron chi connectivity index (χ4n) is 3.65. The van der Waals surface area contributed by atoms with Gasteiger partial charge in [0.15, 0.2) is 5.96 Å². The van der Waals surface area contributed by atoms with Crippen LogP contribution in [0.5, 0.6) is 0 Å². The fourth-order valence-corrected chi connectivity index (χ4v) is 3.65. The molecule has 1 heterocycles. The van der Waals surface area contributed by atoms with E-state index in [1.807, 2.05) is 30.3 Å². The fraction of sp³-hybridized carbons (Fsp3) is 0.619. The minimum Gasteiger partial charge on any atom is -0.379 e. The number of carbonyl (C=O) groups is 1. The molecule has 1 amide bonds. The van der Waals surface area contributed by atoms with Crippen molar-refractivity contribution >= 4 is 17.6 Å². The summed E-state index contributed by atoms with van der Waals surface area (Å²) in [6.07, 6.45) is 2.29. The van der Waals surface area contributed by atoms with Crippen LogP contribution in [0.2, 0.25) is 0 Å². The Labute approximate surface area is 168 Å². The first kappa shape index (κ1) is 22.2. The summed E-state index contributed by atoms with van der Waals surface area (Å²) in [5, 5.41) is 9.39. The highest BCUT2D eigenvalue weighted by Gasteiger charge is 2.27. The smallest absolute Gasteiger partial charge is 0.243 e. The molecular formula is C21H35N5O2. The van der Waals surface area contributed by atoms with E-state index in [4.69, 9.17) is 4.74 Å². The predicted molar refractivity (Wildman–Crippen MR) is 115 cm³/mol. The largest absolute Gasteiger partial charge is 0.379 e. The van der Waals surface area contributed by atoms with Crippen LogP contribution in [0.15, 0.2) is 35.3 Å². The summed E-state index contributed by atoms with van der Waals surface area (Å²) in [6, 6.07) is 9.88. The SMILES string of the molecule is CCC(CC)C(CNC(=NC)NCC(=O)Nc1ccccc1)N1CCOCC1. The Hall–Kier alpha value is -2.12. The molecule has 28 heavy (non-hydrogen) atoms. The van der Waals surface area contributed by atoms with Crippen LogP contribution in [0.3, 0.4) is 0 Å². The normalized spacial score (nSPS) is 16.6. The second-order valence-electron chi connectivity index (χ2n) is 7.01. The zero-order valence-electron chi connectivity index (χ0n) is 17.4. The van der Waals surface area contributed by atoms with Crippen molar-refractivity contribution in [3.05, 3.63) is 30.3 Å². The van der Waals surface area contributed by atoms with Gasteiger partial charge < -0.3 is 20.7 Å². The summed E-state index contributed by atoms with van der Waals surface area (Å²) in [5.41, 5.74) is 0.790. The lowest BCUT2D eigenvalue weighted by molar-refractivity contribution is -0.115. The second kappa shape index (κ2) is 12.4. The van der Waals surface area contributed by atoms with Crippen LogP contribution >= 0.6 is 0 Å². The molecule has 0 radical (unpaired) electrons. The number of morpholine rings is 1. The molecule has 0 aromatic heterocycles. The van der Waals surface area contributed by atoms with Crippen molar-refractivity contribution in [3.63, 3.8) is 0 Å². The first-order valence-electron chi connectivity index (χ1n) is 10.3. The lowest BCUT2D eigenvalue weighted by Gasteiger charge is -2.39. The summed E-state index contributed by atoms with van der Waals surface area (Å²) < 4.78 is 5.51. The predicted octanol–water partition coefficient (Wildman–Crippen LogP) is 1.93. The van der Waals surface area contributed by atoms with E-state index in [1.165, 1.54) is 0 Å². The lowest BCUT2D eigenvalue weighted by atomic mass is 9.92. The molecule has 0 aliphatic carbocycles. The molecular weight excluding hydrogens is 354 g/mol. The maximum absolute atomic E-state index is 12.1. The molecule has 0 bridgehead atoms. The van der Waals surface area contributed by atoms with Gasteiger partial charge in [0.25, 0.3) is 0 Å². The third-order valence-corrected chi connectivity index (χ3v) is 5.28. The molecule has 1 atom stereocenters. The topological polar surface area (TPSA) is 78.0 Å². The number of amides is 1. The van der Waals surface area contributed by atoms with Crippen molar-refractivity contribution in [2.75, 3.05) is 51.8 Å². The Balaban J connectivity index is 1.84. The Morgan fingerprint density at radius 1 is 1.14 bits per heavy atom. The number of benzene rings is 1. The first-order chi connectivity index (χ1) is 13.7. The number of nitrogens with zero attached hydrogens (tertiary/aromatic N) is 2. The van der Waals surface area contributed by atoms with E-state index in [9.17, 15) is 4.79 Å². The van der Waals surface area contributed by atoms with Gasteiger partial charge in [-0.1, -0.05) is 44.9 Å². The second-order valence-corrected chi connectivity index (χ2v) is 7.01. The van der Waals surface area contributed by atoms with Crippen LogP contribution < -0.4 is 16.0 Å². The molecule has 7 nitrogen and oxygen atoms in total. The van der Waals surface area contributed by atoms with Crippen molar-refractivity contribution in [3.8, 4) is 0 Å². The summed E-state index contributed by atoms with van der Waals surface area (Å²) in [4.78, 5) is 18.9. The van der Waals surface area contributed by atoms with Gasteiger partial charge >= 0.3 is 0 Å². The molecule has 1 aromatic carbocycles. The number of para-hydroxylation sites is 1. The van der Waals surface area contributed by atoms with E-state index in [1.54, 1.807) is 7.05 Å². The summed E-state index contributed by atoms with van der Waals surface area (Å²) >= 11 is 0. The highest BCUT2D eigenvalue weighted by molar-refractivity contribution is 5.94. The van der Waals surface area contributed by atoms with Crippen molar-refractivity contribution in [2.45, 2.75) is 32.7 Å². The number of hydrogen-bond donors (Lipinski definition) is 3. The molecule has 3 N–H and O–H groups in total. The van der Waals surface area contributed by atoms with E-state index in [2.05, 4.69) is 39.7 Å². The Bertz CT molecular complexity index is 598. The Morgan fingerprint density at radius 3 is 2.43 bits per heavy atom. The van der Waals surface area contributed by atoms with Gasteiger partial charge in [0.1, 0.15) is 0 Å². The molecule has 0 saturated carbocycles. The van der Waals surface area contributed by atoms with Crippen molar-refractivity contribution in [1.82, 2.24) is 15.5 Å². The summed E-state index contributed by atoms with van der Waals surface area (Å²) in [7, 11) is 1.73. The number of guanidine groups is 1. The van der Waals surface area contributed by atoms with Gasteiger partial charge in [0.2, 0.25) is 5.91 Å². The van der Waals surface area contributed by atoms with Crippen LogP contribution in [0.4, 0.5) is 5.69 Å². The minimum absolute atomic E-state index is 0.0983. The Kier molecular flexibility index (Phi) is 9.79. The van der Waals surface area contributed by atoms with Crippen LogP contribution in [-0.2, 0) is 9.53 Å². The number of anilines is 1. The molecule has 2 rings (SSSR count). The zero-order chi connectivity index (χ0) is 20.2. The van der Waals surface area contributed by atoms with Crippen LogP contribution in [0.25, 0.3) is 0 Å². The monoisotopic (exact) mass is 389 g/mol. The molecule has 0 spiro atoms. The minimum atomic E-state index is -0.0983. The number of nitrogens with one attached hydrogen (secondary N) is 3. The molecule has 156 valence electrons. The maximum Gasteiger partial charge on any atom is 0.243 e.